The van der Waals surface area contributed by atoms with Crippen LogP contribution in [0.5, 0.6) is 0 Å². The fourth-order valence-corrected chi connectivity index (χ4v) is 2.04. The molecule has 0 N–H and O–H groups in total. The molecule has 0 aromatic heterocycles. The number of rotatable bonds is 3. The second kappa shape index (κ2) is 6.90. The van der Waals surface area contributed by atoms with Crippen molar-refractivity contribution in [2.45, 2.75) is 46.0 Å². The summed E-state index contributed by atoms with van der Waals surface area (Å²) in [5, 5.41) is 0. The van der Waals surface area contributed by atoms with Crippen molar-refractivity contribution in [3.63, 3.8) is 0 Å². The van der Waals surface area contributed by atoms with E-state index in [9.17, 15) is 0 Å². The van der Waals surface area contributed by atoms with Gasteiger partial charge in [-0.3, -0.25) is 4.90 Å². The molecule has 0 amide bonds. The minimum atomic E-state index is 0.670. The smallest absolute Gasteiger partial charge is 0.0599 e. The van der Waals surface area contributed by atoms with Gasteiger partial charge in [-0.2, -0.15) is 0 Å². The first kappa shape index (κ1) is 12.6. The number of nitrogens with zero attached hydrogens (tertiary/aromatic N) is 1. The van der Waals surface area contributed by atoms with Crippen molar-refractivity contribution in [2.24, 2.45) is 5.92 Å². The van der Waals surface area contributed by atoms with Crippen LogP contribution in [0.3, 0.4) is 0 Å². The Kier molecular flexibility index (Phi) is 5.79. The summed E-state index contributed by atoms with van der Waals surface area (Å²) >= 11 is 0. The maximum absolute atomic E-state index is 3.43. The largest absolute Gasteiger partial charge is 0.295 e. The molecule has 1 nitrogen and oxygen atoms in total. The molecule has 0 atom stereocenters. The van der Waals surface area contributed by atoms with Crippen LogP contribution in [-0.2, 0) is 0 Å². The van der Waals surface area contributed by atoms with E-state index in [0.29, 0.717) is 5.92 Å². The zero-order chi connectivity index (χ0) is 11.1. The van der Waals surface area contributed by atoms with Crippen LogP contribution in [0.4, 0.5) is 0 Å². The van der Waals surface area contributed by atoms with Gasteiger partial charge < -0.3 is 0 Å². The highest BCUT2D eigenvalue weighted by Crippen LogP contribution is 2.28. The summed E-state index contributed by atoms with van der Waals surface area (Å²) in [5.74, 6) is 9.08. The van der Waals surface area contributed by atoms with Gasteiger partial charge in [-0.1, -0.05) is 25.7 Å². The Labute approximate surface area is 95.2 Å². The van der Waals surface area contributed by atoms with E-state index in [0.717, 1.165) is 13.1 Å². The lowest BCUT2D eigenvalue weighted by molar-refractivity contribution is 0.375. The van der Waals surface area contributed by atoms with E-state index in [1.54, 1.807) is 5.92 Å². The molecule has 0 unspecified atom stereocenters. The number of hydrogen-bond acceptors (Lipinski definition) is 1. The van der Waals surface area contributed by atoms with Gasteiger partial charge in [0, 0.05) is 5.92 Å². The molecule has 0 bridgehead atoms. The first-order chi connectivity index (χ1) is 7.22. The quantitative estimate of drug-likeness (QED) is 0.641. The van der Waals surface area contributed by atoms with Gasteiger partial charge in [0.15, 0.2) is 0 Å². The Morgan fingerprint density at radius 3 is 2.60 bits per heavy atom. The molecular formula is C14H24N. The zero-order valence-corrected chi connectivity index (χ0v) is 10.5. The van der Waals surface area contributed by atoms with E-state index in [2.05, 4.69) is 37.6 Å². The van der Waals surface area contributed by atoms with Gasteiger partial charge in [0.2, 0.25) is 0 Å². The summed E-state index contributed by atoms with van der Waals surface area (Å²) in [4.78, 5) is 2.30. The molecule has 85 valence electrons. The molecule has 0 spiro atoms. The maximum Gasteiger partial charge on any atom is 0.0599 e. The first-order valence-corrected chi connectivity index (χ1v) is 6.20. The van der Waals surface area contributed by atoms with Crippen LogP contribution in [0.15, 0.2) is 0 Å². The Balaban J connectivity index is 2.20. The van der Waals surface area contributed by atoms with Gasteiger partial charge in [-0.15, -0.1) is 0 Å². The van der Waals surface area contributed by atoms with Gasteiger partial charge in [0.05, 0.1) is 6.54 Å². The highest BCUT2D eigenvalue weighted by molar-refractivity contribution is 5.08. The third-order valence-corrected chi connectivity index (χ3v) is 3.10. The van der Waals surface area contributed by atoms with Crippen LogP contribution >= 0.6 is 0 Å². The monoisotopic (exact) mass is 206 g/mol. The van der Waals surface area contributed by atoms with E-state index < -0.39 is 0 Å². The summed E-state index contributed by atoms with van der Waals surface area (Å²) in [7, 11) is 2.15. The van der Waals surface area contributed by atoms with E-state index in [1.807, 2.05) is 0 Å². The van der Waals surface area contributed by atoms with Crippen LogP contribution in [0, 0.1) is 23.7 Å². The highest BCUT2D eigenvalue weighted by atomic mass is 15.1. The Morgan fingerprint density at radius 2 is 2.00 bits per heavy atom. The molecule has 0 saturated heterocycles. The van der Waals surface area contributed by atoms with Crippen molar-refractivity contribution in [3.05, 3.63) is 5.92 Å². The third-order valence-electron chi connectivity index (χ3n) is 3.10. The van der Waals surface area contributed by atoms with Crippen molar-refractivity contribution < 1.29 is 0 Å². The third kappa shape index (κ3) is 5.23. The molecule has 0 aromatic rings. The van der Waals surface area contributed by atoms with Gasteiger partial charge in [0.1, 0.15) is 0 Å². The minimum Gasteiger partial charge on any atom is -0.295 e. The van der Waals surface area contributed by atoms with Crippen LogP contribution < -0.4 is 0 Å². The topological polar surface area (TPSA) is 3.24 Å². The lowest BCUT2D eigenvalue weighted by Crippen LogP contribution is -2.19. The molecule has 1 saturated carbocycles. The maximum atomic E-state index is 3.43. The predicted octanol–water partition coefficient (Wildman–Crippen LogP) is 3.12. The van der Waals surface area contributed by atoms with Crippen LogP contribution in [0.2, 0.25) is 0 Å². The number of hydrogen-bond donors (Lipinski definition) is 0. The summed E-state index contributed by atoms with van der Waals surface area (Å²) in [6.07, 6.45) is 6.39. The summed E-state index contributed by atoms with van der Waals surface area (Å²) in [5.41, 5.74) is 0. The van der Waals surface area contributed by atoms with Gasteiger partial charge in [-0.25, -0.2) is 0 Å². The van der Waals surface area contributed by atoms with Crippen LogP contribution in [-0.4, -0.2) is 25.0 Å². The van der Waals surface area contributed by atoms with Crippen molar-refractivity contribution in [2.75, 3.05) is 20.1 Å². The summed E-state index contributed by atoms with van der Waals surface area (Å²) in [6, 6.07) is 0. The molecule has 1 heteroatoms. The van der Waals surface area contributed by atoms with E-state index >= 15 is 0 Å². The van der Waals surface area contributed by atoms with Crippen molar-refractivity contribution in [3.8, 4) is 11.8 Å². The van der Waals surface area contributed by atoms with Crippen molar-refractivity contribution >= 4 is 0 Å². The molecule has 0 aliphatic heterocycles. The summed E-state index contributed by atoms with van der Waals surface area (Å²) < 4.78 is 0. The predicted molar refractivity (Wildman–Crippen MR) is 66.4 cm³/mol. The molecule has 1 rings (SSSR count). The fraction of sp³-hybridized carbons (Fsp3) is 0.786. The van der Waals surface area contributed by atoms with Crippen LogP contribution in [0.25, 0.3) is 0 Å². The average molecular weight is 206 g/mol. The Morgan fingerprint density at radius 1 is 1.33 bits per heavy atom. The van der Waals surface area contributed by atoms with Crippen molar-refractivity contribution in [1.29, 1.82) is 0 Å². The highest BCUT2D eigenvalue weighted by Gasteiger charge is 2.16. The molecule has 0 aromatic carbocycles. The lowest BCUT2D eigenvalue weighted by atomic mass is 9.83. The summed E-state index contributed by atoms with van der Waals surface area (Å²) in [6.45, 7) is 6.58. The zero-order valence-electron chi connectivity index (χ0n) is 10.5. The Hall–Kier alpha value is -0.480. The molecule has 1 fully saturated rings. The average Bonchev–Trinajstić information content (AvgIpc) is 2.21. The van der Waals surface area contributed by atoms with Gasteiger partial charge in [-0.05, 0) is 51.6 Å². The van der Waals surface area contributed by atoms with Gasteiger partial charge in [0.25, 0.3) is 0 Å². The lowest BCUT2D eigenvalue weighted by Gasteiger charge is -2.21. The Bertz CT molecular complexity index is 215. The SMILES string of the molecule is CCCN(C)CC#CC1CC[C](C)CC1. The minimum absolute atomic E-state index is 0.670. The first-order valence-electron chi connectivity index (χ1n) is 6.20. The van der Waals surface area contributed by atoms with E-state index in [1.165, 1.54) is 32.1 Å². The molecule has 0 heterocycles. The molecular weight excluding hydrogens is 182 g/mol. The normalized spacial score (nSPS) is 18.9. The molecule has 15 heavy (non-hydrogen) atoms. The van der Waals surface area contributed by atoms with E-state index in [4.69, 9.17) is 0 Å². The second-order valence-corrected chi connectivity index (χ2v) is 4.79. The molecule has 1 aliphatic carbocycles. The van der Waals surface area contributed by atoms with Gasteiger partial charge >= 0.3 is 0 Å². The fourth-order valence-electron chi connectivity index (χ4n) is 2.04. The van der Waals surface area contributed by atoms with Crippen LogP contribution in [0.1, 0.15) is 46.0 Å². The standard InChI is InChI=1S/C14H24N/c1-4-11-15(3)12-5-6-14-9-7-13(2)8-10-14/h14H,4,7-12H2,1-3H3. The second-order valence-electron chi connectivity index (χ2n) is 4.79. The molecule has 1 aliphatic rings. The van der Waals surface area contributed by atoms with E-state index in [-0.39, 0.29) is 0 Å². The van der Waals surface area contributed by atoms with Crippen molar-refractivity contribution in [1.82, 2.24) is 4.90 Å². The molecule has 1 radical (unpaired) electrons.